The Morgan fingerprint density at radius 3 is 2.50 bits per heavy atom. The highest BCUT2D eigenvalue weighted by Gasteiger charge is 2.17. The molecule has 2 heteroatoms. The van der Waals surface area contributed by atoms with Crippen molar-refractivity contribution in [1.82, 2.24) is 0 Å². The average molecular weight is 146 g/mol. The summed E-state index contributed by atoms with van der Waals surface area (Å²) < 4.78 is 10.5. The Labute approximate surface area is 63.5 Å². The molecule has 0 bridgehead atoms. The molecule has 1 aliphatic rings. The summed E-state index contributed by atoms with van der Waals surface area (Å²) in [4.78, 5) is 0. The summed E-state index contributed by atoms with van der Waals surface area (Å²) in [5, 5.41) is 0. The highest BCUT2D eigenvalue weighted by molar-refractivity contribution is 4.63. The maximum Gasteiger partial charge on any atom is 0.147 e. The quantitative estimate of drug-likeness (QED) is 0.564. The van der Waals surface area contributed by atoms with Crippen LogP contribution >= 0.6 is 0 Å². The second-order valence-corrected chi connectivity index (χ2v) is 2.53. The van der Waals surface area contributed by atoms with Crippen LogP contribution in [0.25, 0.3) is 0 Å². The minimum atomic E-state index is 0. The van der Waals surface area contributed by atoms with Gasteiger partial charge in [-0.15, -0.1) is 0 Å². The Balaban J connectivity index is 0.000000810. The molecule has 0 aromatic carbocycles. The van der Waals surface area contributed by atoms with Gasteiger partial charge in [0.15, 0.2) is 0 Å². The zero-order valence-electron chi connectivity index (χ0n) is 6.09. The van der Waals surface area contributed by atoms with Gasteiger partial charge in [0, 0.05) is 0 Å². The highest BCUT2D eigenvalue weighted by Crippen LogP contribution is 2.14. The zero-order chi connectivity index (χ0) is 6.69. The summed E-state index contributed by atoms with van der Waals surface area (Å²) in [5.41, 5.74) is 0. The first-order chi connectivity index (χ1) is 4.33. The molecule has 0 spiro atoms. The predicted octanol–water partition coefficient (Wildman–Crippen LogP) is 2.18. The molecule has 0 saturated carbocycles. The molecule has 0 N–H and O–H groups in total. The van der Waals surface area contributed by atoms with Crippen molar-refractivity contribution < 1.29 is 9.47 Å². The number of rotatable bonds is 1. The Morgan fingerprint density at radius 2 is 2.10 bits per heavy atom. The summed E-state index contributed by atoms with van der Waals surface area (Å²) in [6.45, 7) is 4.72. The first-order valence-electron chi connectivity index (χ1n) is 3.56. The molecule has 0 aromatic heterocycles. The van der Waals surface area contributed by atoms with Gasteiger partial charge in [0.2, 0.25) is 0 Å². The third kappa shape index (κ3) is 2.67. The Bertz CT molecular complexity index is 83.3. The Morgan fingerprint density at radius 1 is 1.40 bits per heavy atom. The van der Waals surface area contributed by atoms with E-state index in [-0.39, 0.29) is 7.43 Å². The van der Waals surface area contributed by atoms with Gasteiger partial charge >= 0.3 is 0 Å². The fourth-order valence-electron chi connectivity index (χ4n) is 1.04. The first-order valence-corrected chi connectivity index (χ1v) is 3.56. The maximum absolute atomic E-state index is 5.28. The first kappa shape index (κ1) is 9.92. The van der Waals surface area contributed by atoms with E-state index in [1.807, 2.05) is 0 Å². The summed E-state index contributed by atoms with van der Waals surface area (Å²) in [7, 11) is 0. The molecule has 2 nitrogen and oxygen atoms in total. The van der Waals surface area contributed by atoms with E-state index in [9.17, 15) is 0 Å². The van der Waals surface area contributed by atoms with Crippen molar-refractivity contribution in [2.45, 2.75) is 46.3 Å². The Hall–Kier alpha value is -0.0800. The smallest absolute Gasteiger partial charge is 0.147 e. The number of ether oxygens (including phenoxy) is 2. The number of hydrogen-bond donors (Lipinski definition) is 0. The minimum Gasteiger partial charge on any atom is -0.352 e. The van der Waals surface area contributed by atoms with Crippen LogP contribution in [0, 0.1) is 0 Å². The lowest BCUT2D eigenvalue weighted by Crippen LogP contribution is -2.28. The topological polar surface area (TPSA) is 18.5 Å². The molecular formula is C8H18O2. The van der Waals surface area contributed by atoms with Crippen molar-refractivity contribution in [3.63, 3.8) is 0 Å². The molecule has 2 atom stereocenters. The molecule has 10 heavy (non-hydrogen) atoms. The lowest BCUT2D eigenvalue weighted by molar-refractivity contribution is -0.170. The fraction of sp³-hybridized carbons (Fsp3) is 1.00. The van der Waals surface area contributed by atoms with Crippen molar-refractivity contribution in [1.29, 1.82) is 0 Å². The van der Waals surface area contributed by atoms with Crippen LogP contribution in [0.2, 0.25) is 0 Å². The molecule has 0 radical (unpaired) electrons. The van der Waals surface area contributed by atoms with Crippen LogP contribution in [0.4, 0.5) is 0 Å². The van der Waals surface area contributed by atoms with Crippen LogP contribution in [0.5, 0.6) is 0 Å². The summed E-state index contributed by atoms with van der Waals surface area (Å²) >= 11 is 0. The van der Waals surface area contributed by atoms with Crippen LogP contribution in [0.15, 0.2) is 0 Å². The van der Waals surface area contributed by atoms with Gasteiger partial charge < -0.3 is 9.47 Å². The monoisotopic (exact) mass is 146 g/mol. The van der Waals surface area contributed by atoms with E-state index in [1.54, 1.807) is 0 Å². The molecule has 1 rings (SSSR count). The van der Waals surface area contributed by atoms with E-state index in [0.717, 1.165) is 12.8 Å². The normalized spacial score (nSPS) is 33.0. The standard InChI is InChI=1S/C7H14O2.CH4/c1-3-7-4-6(2)8-5-9-7;/h6-7H,3-5H2,1-2H3;1H4. The van der Waals surface area contributed by atoms with Crippen molar-refractivity contribution >= 4 is 0 Å². The third-order valence-electron chi connectivity index (χ3n) is 1.71. The third-order valence-corrected chi connectivity index (χ3v) is 1.71. The van der Waals surface area contributed by atoms with E-state index in [1.165, 1.54) is 0 Å². The van der Waals surface area contributed by atoms with Crippen molar-refractivity contribution in [2.75, 3.05) is 6.79 Å². The van der Waals surface area contributed by atoms with Gasteiger partial charge in [-0.2, -0.15) is 0 Å². The predicted molar refractivity (Wildman–Crippen MR) is 41.9 cm³/mol. The van der Waals surface area contributed by atoms with Crippen LogP contribution in [-0.2, 0) is 9.47 Å². The molecule has 1 fully saturated rings. The van der Waals surface area contributed by atoms with Crippen molar-refractivity contribution in [2.24, 2.45) is 0 Å². The zero-order valence-corrected chi connectivity index (χ0v) is 6.09. The van der Waals surface area contributed by atoms with Crippen LogP contribution in [0.1, 0.15) is 34.1 Å². The van der Waals surface area contributed by atoms with E-state index in [2.05, 4.69) is 13.8 Å². The van der Waals surface area contributed by atoms with Gasteiger partial charge in [0.05, 0.1) is 12.2 Å². The second-order valence-electron chi connectivity index (χ2n) is 2.53. The maximum atomic E-state index is 5.28. The van der Waals surface area contributed by atoms with E-state index in [4.69, 9.17) is 9.47 Å². The summed E-state index contributed by atoms with van der Waals surface area (Å²) in [6, 6.07) is 0. The van der Waals surface area contributed by atoms with Gasteiger partial charge in [0.25, 0.3) is 0 Å². The summed E-state index contributed by atoms with van der Waals surface area (Å²) in [6.07, 6.45) is 2.99. The van der Waals surface area contributed by atoms with Crippen molar-refractivity contribution in [3.05, 3.63) is 0 Å². The Kier molecular flexibility index (Phi) is 4.65. The summed E-state index contributed by atoms with van der Waals surface area (Å²) in [5.74, 6) is 0. The molecule has 0 aromatic rings. The molecule has 0 amide bonds. The van der Waals surface area contributed by atoms with Crippen LogP contribution in [0.3, 0.4) is 0 Å². The van der Waals surface area contributed by atoms with E-state index in [0.29, 0.717) is 19.0 Å². The van der Waals surface area contributed by atoms with E-state index >= 15 is 0 Å². The number of hydrogen-bond acceptors (Lipinski definition) is 2. The van der Waals surface area contributed by atoms with Crippen LogP contribution in [-0.4, -0.2) is 19.0 Å². The van der Waals surface area contributed by atoms with Crippen LogP contribution < -0.4 is 0 Å². The molecular weight excluding hydrogens is 128 g/mol. The molecule has 0 aliphatic carbocycles. The van der Waals surface area contributed by atoms with Gasteiger partial charge in [-0.05, 0) is 19.8 Å². The highest BCUT2D eigenvalue weighted by atomic mass is 16.7. The largest absolute Gasteiger partial charge is 0.352 e. The average Bonchev–Trinajstić information content (AvgIpc) is 1.88. The lowest BCUT2D eigenvalue weighted by Gasteiger charge is -2.26. The fourth-order valence-corrected chi connectivity index (χ4v) is 1.04. The van der Waals surface area contributed by atoms with E-state index < -0.39 is 0 Å². The minimum absolute atomic E-state index is 0. The molecule has 2 unspecified atom stereocenters. The van der Waals surface area contributed by atoms with Gasteiger partial charge in [0.1, 0.15) is 6.79 Å². The van der Waals surface area contributed by atoms with Gasteiger partial charge in [-0.3, -0.25) is 0 Å². The molecule has 1 aliphatic heterocycles. The van der Waals surface area contributed by atoms with Crippen molar-refractivity contribution in [3.8, 4) is 0 Å². The molecule has 62 valence electrons. The second kappa shape index (κ2) is 4.69. The SMILES string of the molecule is C.CCC1CC(C)OCO1. The molecule has 1 saturated heterocycles. The lowest BCUT2D eigenvalue weighted by atomic mass is 10.1. The molecule has 1 heterocycles. The van der Waals surface area contributed by atoms with Gasteiger partial charge in [-0.25, -0.2) is 0 Å². The van der Waals surface area contributed by atoms with Gasteiger partial charge in [-0.1, -0.05) is 14.4 Å².